The van der Waals surface area contributed by atoms with E-state index in [1.54, 1.807) is 0 Å². The number of rotatable bonds is 5. The van der Waals surface area contributed by atoms with Crippen LogP contribution in [-0.2, 0) is 0 Å². The Hall–Kier alpha value is -3.55. The summed E-state index contributed by atoms with van der Waals surface area (Å²) in [6.45, 7) is 0. The van der Waals surface area contributed by atoms with Crippen molar-refractivity contribution < 1.29 is 18.3 Å². The molecular weight excluding hydrogens is 356 g/mol. The van der Waals surface area contributed by atoms with Crippen LogP contribution >= 0.6 is 0 Å². The number of halogens is 2. The molecule has 1 unspecified atom stereocenters. The first-order valence-electron chi connectivity index (χ1n) is 7.93. The number of nitrogens with one attached hydrogen (secondary N) is 2. The average molecular weight is 371 g/mol. The van der Waals surface area contributed by atoms with Gasteiger partial charge in [0.15, 0.2) is 11.6 Å². The molecule has 0 aliphatic carbocycles. The zero-order valence-corrected chi connectivity index (χ0v) is 14.2. The summed E-state index contributed by atoms with van der Waals surface area (Å²) in [5, 5.41) is 2.62. The van der Waals surface area contributed by atoms with Gasteiger partial charge in [0.1, 0.15) is 11.5 Å². The summed E-state index contributed by atoms with van der Waals surface area (Å²) in [7, 11) is 1.33. The van der Waals surface area contributed by atoms with E-state index in [4.69, 9.17) is 4.74 Å². The van der Waals surface area contributed by atoms with Gasteiger partial charge >= 0.3 is 0 Å². The number of amides is 1. The molecule has 2 N–H and O–H groups in total. The third-order valence-corrected chi connectivity index (χ3v) is 3.89. The van der Waals surface area contributed by atoms with E-state index < -0.39 is 23.6 Å². The Morgan fingerprint density at radius 3 is 2.63 bits per heavy atom. The van der Waals surface area contributed by atoms with Gasteiger partial charge in [0.2, 0.25) is 5.56 Å². The maximum Gasteiger partial charge on any atom is 0.253 e. The van der Waals surface area contributed by atoms with Crippen LogP contribution in [0.5, 0.6) is 5.75 Å². The first-order chi connectivity index (χ1) is 13.0. The van der Waals surface area contributed by atoms with Crippen LogP contribution in [0.15, 0.2) is 59.7 Å². The lowest BCUT2D eigenvalue weighted by atomic mass is 10.0. The van der Waals surface area contributed by atoms with Crippen LogP contribution in [0.2, 0.25) is 0 Å². The quantitative estimate of drug-likeness (QED) is 0.722. The van der Waals surface area contributed by atoms with Gasteiger partial charge in [-0.1, -0.05) is 6.07 Å². The predicted octanol–water partition coefficient (Wildman–Crippen LogP) is 2.58. The molecule has 3 aromatic rings. The Bertz CT molecular complexity index is 1020. The molecule has 1 amide bonds. The smallest absolute Gasteiger partial charge is 0.253 e. The summed E-state index contributed by atoms with van der Waals surface area (Å²) in [4.78, 5) is 30.1. The van der Waals surface area contributed by atoms with E-state index in [1.807, 2.05) is 0 Å². The molecule has 1 aromatic carbocycles. The molecule has 0 spiro atoms. The number of methoxy groups -OCH3 is 1. The summed E-state index contributed by atoms with van der Waals surface area (Å²) >= 11 is 0. The molecule has 0 radical (unpaired) electrons. The normalized spacial score (nSPS) is 11.7. The Labute approximate surface area is 152 Å². The number of hydrogen-bond acceptors (Lipinski definition) is 4. The lowest BCUT2D eigenvalue weighted by Crippen LogP contribution is -2.31. The highest BCUT2D eigenvalue weighted by Crippen LogP contribution is 2.27. The summed E-state index contributed by atoms with van der Waals surface area (Å²) in [5.74, 6) is -1.88. The fraction of sp³-hybridized carbons (Fsp3) is 0.105. The minimum absolute atomic E-state index is 0.0194. The van der Waals surface area contributed by atoms with E-state index in [-0.39, 0.29) is 28.1 Å². The van der Waals surface area contributed by atoms with Gasteiger partial charge in [-0.15, -0.1) is 0 Å². The van der Waals surface area contributed by atoms with E-state index in [9.17, 15) is 18.4 Å². The number of carbonyl (C=O) groups excluding carboxylic acids is 1. The van der Waals surface area contributed by atoms with Gasteiger partial charge in [0.25, 0.3) is 5.91 Å². The topological polar surface area (TPSA) is 84.1 Å². The van der Waals surface area contributed by atoms with Crippen molar-refractivity contribution in [2.45, 2.75) is 6.04 Å². The number of aromatic nitrogens is 2. The summed E-state index contributed by atoms with van der Waals surface area (Å²) in [6, 6.07) is 8.11. The fourth-order valence-electron chi connectivity index (χ4n) is 2.55. The summed E-state index contributed by atoms with van der Waals surface area (Å²) in [5.41, 5.74) is 0.00420. The maximum atomic E-state index is 14.3. The third kappa shape index (κ3) is 4.00. The second-order valence-electron chi connectivity index (χ2n) is 5.61. The fourth-order valence-corrected chi connectivity index (χ4v) is 2.55. The number of pyridine rings is 2. The number of aromatic amines is 1. The lowest BCUT2D eigenvalue weighted by molar-refractivity contribution is 0.0941. The van der Waals surface area contributed by atoms with Crippen molar-refractivity contribution in [3.05, 3.63) is 93.7 Å². The number of benzene rings is 1. The van der Waals surface area contributed by atoms with Crippen molar-refractivity contribution in [1.82, 2.24) is 15.3 Å². The molecule has 0 bridgehead atoms. The van der Waals surface area contributed by atoms with E-state index >= 15 is 0 Å². The predicted molar refractivity (Wildman–Crippen MR) is 93.5 cm³/mol. The Morgan fingerprint density at radius 1 is 1.19 bits per heavy atom. The van der Waals surface area contributed by atoms with Crippen LogP contribution in [0.1, 0.15) is 27.7 Å². The van der Waals surface area contributed by atoms with Crippen LogP contribution in [-0.4, -0.2) is 23.0 Å². The largest absolute Gasteiger partial charge is 0.494 e. The SMILES string of the molecule is COc1ccc(C(NC(=O)c2ccc(=O)[nH]c2)c2ncccc2F)cc1F. The van der Waals surface area contributed by atoms with Gasteiger partial charge in [0.05, 0.1) is 18.7 Å². The molecule has 2 heterocycles. The van der Waals surface area contributed by atoms with E-state index in [1.165, 1.54) is 55.9 Å². The molecule has 0 fully saturated rings. The van der Waals surface area contributed by atoms with Gasteiger partial charge < -0.3 is 15.0 Å². The van der Waals surface area contributed by atoms with Crippen LogP contribution in [0.25, 0.3) is 0 Å². The number of nitrogens with zero attached hydrogens (tertiary/aromatic N) is 1. The highest BCUT2D eigenvalue weighted by Gasteiger charge is 2.23. The average Bonchev–Trinajstić information content (AvgIpc) is 2.67. The van der Waals surface area contributed by atoms with Crippen molar-refractivity contribution in [3.63, 3.8) is 0 Å². The van der Waals surface area contributed by atoms with Crippen molar-refractivity contribution >= 4 is 5.91 Å². The minimum atomic E-state index is -1.05. The van der Waals surface area contributed by atoms with Crippen LogP contribution < -0.4 is 15.6 Å². The molecule has 1 atom stereocenters. The second kappa shape index (κ2) is 7.77. The Morgan fingerprint density at radius 2 is 2.00 bits per heavy atom. The molecule has 0 saturated heterocycles. The van der Waals surface area contributed by atoms with Crippen molar-refractivity contribution in [2.24, 2.45) is 0 Å². The van der Waals surface area contributed by atoms with Gasteiger partial charge in [0, 0.05) is 18.5 Å². The zero-order chi connectivity index (χ0) is 19.4. The number of hydrogen-bond donors (Lipinski definition) is 2. The summed E-state index contributed by atoms with van der Waals surface area (Å²) < 4.78 is 33.3. The highest BCUT2D eigenvalue weighted by atomic mass is 19.1. The molecule has 3 rings (SSSR count). The molecule has 138 valence electrons. The molecule has 6 nitrogen and oxygen atoms in total. The van der Waals surface area contributed by atoms with E-state index in [0.717, 1.165) is 6.07 Å². The van der Waals surface area contributed by atoms with E-state index in [0.29, 0.717) is 0 Å². The highest BCUT2D eigenvalue weighted by molar-refractivity contribution is 5.94. The molecular formula is C19H15F2N3O3. The molecule has 0 aliphatic rings. The monoisotopic (exact) mass is 371 g/mol. The lowest BCUT2D eigenvalue weighted by Gasteiger charge is -2.20. The van der Waals surface area contributed by atoms with Gasteiger partial charge in [-0.2, -0.15) is 0 Å². The van der Waals surface area contributed by atoms with Gasteiger partial charge in [-0.3, -0.25) is 14.6 Å². The van der Waals surface area contributed by atoms with Crippen LogP contribution in [0, 0.1) is 11.6 Å². The molecule has 0 aliphatic heterocycles. The molecule has 2 aromatic heterocycles. The number of carbonyl (C=O) groups is 1. The summed E-state index contributed by atoms with van der Waals surface area (Å²) in [6.07, 6.45) is 2.61. The Kier molecular flexibility index (Phi) is 5.25. The van der Waals surface area contributed by atoms with Crippen molar-refractivity contribution in [3.8, 4) is 5.75 Å². The third-order valence-electron chi connectivity index (χ3n) is 3.89. The standard InChI is InChI=1S/C19H15F2N3O3/c1-27-15-6-4-11(9-14(15)21)17(18-13(20)3-2-8-22-18)24-19(26)12-5-7-16(25)23-10-12/h2-10,17H,1H3,(H,23,25)(H,24,26). The molecule has 27 heavy (non-hydrogen) atoms. The first kappa shape index (κ1) is 18.2. The van der Waals surface area contributed by atoms with Crippen molar-refractivity contribution in [2.75, 3.05) is 7.11 Å². The maximum absolute atomic E-state index is 14.3. The number of H-pyrrole nitrogens is 1. The second-order valence-corrected chi connectivity index (χ2v) is 5.61. The Balaban J connectivity index is 2.01. The number of ether oxygens (including phenoxy) is 1. The van der Waals surface area contributed by atoms with E-state index in [2.05, 4.69) is 15.3 Å². The van der Waals surface area contributed by atoms with Crippen LogP contribution in [0.4, 0.5) is 8.78 Å². The molecule has 0 saturated carbocycles. The minimum Gasteiger partial charge on any atom is -0.494 e. The van der Waals surface area contributed by atoms with Gasteiger partial charge in [-0.25, -0.2) is 8.78 Å². The first-order valence-corrected chi connectivity index (χ1v) is 7.93. The zero-order valence-electron chi connectivity index (χ0n) is 14.2. The van der Waals surface area contributed by atoms with Crippen molar-refractivity contribution in [1.29, 1.82) is 0 Å². The molecule has 8 heteroatoms. The van der Waals surface area contributed by atoms with Crippen LogP contribution in [0.3, 0.4) is 0 Å². The van der Waals surface area contributed by atoms with Gasteiger partial charge in [-0.05, 0) is 35.9 Å².